The fraction of sp³-hybridized carbons (Fsp3) is 0. The maximum absolute atomic E-state index is 5.13. The third-order valence-electron chi connectivity index (χ3n) is 10.7. The lowest BCUT2D eigenvalue weighted by Crippen LogP contribution is -2.21. The first kappa shape index (κ1) is 33.9. The first-order valence-corrected chi connectivity index (χ1v) is 20.6. The lowest BCUT2D eigenvalue weighted by Gasteiger charge is -2.32. The summed E-state index contributed by atoms with van der Waals surface area (Å²) in [5.74, 6) is 1.85. The molecule has 58 heavy (non-hydrogen) atoms. The summed E-state index contributed by atoms with van der Waals surface area (Å²) in [6, 6.07) is 75.0. The molecule has 0 N–H and O–H groups in total. The summed E-state index contributed by atoms with van der Waals surface area (Å²) in [7, 11) is -0.997. The normalized spacial score (nSPS) is 13.6. The minimum absolute atomic E-state index is 0.581. The van der Waals surface area contributed by atoms with Crippen LogP contribution in [0.4, 0.5) is 22.7 Å². The van der Waals surface area contributed by atoms with E-state index < -0.39 is 8.22 Å². The van der Waals surface area contributed by atoms with Gasteiger partial charge in [0.2, 0.25) is 5.95 Å². The Kier molecular flexibility index (Phi) is 8.34. The molecule has 274 valence electrons. The van der Waals surface area contributed by atoms with Crippen LogP contribution in [-0.4, -0.2) is 19.5 Å². The van der Waals surface area contributed by atoms with Crippen molar-refractivity contribution >= 4 is 58.1 Å². The standard InChI is InChI=1S/C51H35N6P/c1-6-18-36(19-7-1)49-52-50(37-20-8-2-9-21-37)54-51(53-49)55-45-29-17-16-28-43(45)44-34-38(30-32-46(44)55)39-31-33-47-48(35-39)57(41-24-12-4-13-25-41)58(42-26-14-5-15-27-42)56(47)40-22-10-3-11-23-40/h1-35H. The van der Waals surface area contributed by atoms with Crippen molar-refractivity contribution in [3.63, 3.8) is 0 Å². The summed E-state index contributed by atoms with van der Waals surface area (Å²) in [5, 5.41) is 3.55. The quantitative estimate of drug-likeness (QED) is 0.151. The molecule has 8 aromatic carbocycles. The fourth-order valence-electron chi connectivity index (χ4n) is 8.04. The van der Waals surface area contributed by atoms with E-state index in [2.05, 4.69) is 166 Å². The molecule has 0 fully saturated rings. The van der Waals surface area contributed by atoms with Crippen molar-refractivity contribution in [3.8, 4) is 39.9 Å². The Hall–Kier alpha value is -7.40. The highest BCUT2D eigenvalue weighted by Crippen LogP contribution is 2.65. The van der Waals surface area contributed by atoms with E-state index >= 15 is 0 Å². The van der Waals surface area contributed by atoms with Crippen LogP contribution in [0.1, 0.15) is 0 Å². The summed E-state index contributed by atoms with van der Waals surface area (Å²) in [4.78, 5) is 15.2. The van der Waals surface area contributed by atoms with Crippen molar-refractivity contribution in [1.82, 2.24) is 19.5 Å². The van der Waals surface area contributed by atoms with Crippen LogP contribution in [0.15, 0.2) is 212 Å². The SMILES string of the molecule is c1ccc(-c2nc(-c3ccccc3)nc(-n3c4ccccc4c4cc(-c5ccc6c(c5)N(c5ccccc5)P(c5ccccc5)N6c5ccccc5)ccc43)n2)cc1. The molecule has 0 amide bonds. The summed E-state index contributed by atoms with van der Waals surface area (Å²) >= 11 is 0. The molecule has 0 saturated heterocycles. The highest BCUT2D eigenvalue weighted by Gasteiger charge is 2.40. The van der Waals surface area contributed by atoms with Gasteiger partial charge in [-0.05, 0) is 65.7 Å². The van der Waals surface area contributed by atoms with Crippen LogP contribution in [-0.2, 0) is 0 Å². The van der Waals surface area contributed by atoms with Gasteiger partial charge in [0, 0.05) is 38.6 Å². The van der Waals surface area contributed by atoms with Gasteiger partial charge in [-0.15, -0.1) is 0 Å². The zero-order valence-corrected chi connectivity index (χ0v) is 32.2. The molecule has 6 nitrogen and oxygen atoms in total. The summed E-state index contributed by atoms with van der Waals surface area (Å²) in [5.41, 5.74) is 10.9. The Morgan fingerprint density at radius 2 is 0.828 bits per heavy atom. The Morgan fingerprint density at radius 3 is 1.45 bits per heavy atom. The average molecular weight is 763 g/mol. The van der Waals surface area contributed by atoms with Gasteiger partial charge in [-0.1, -0.05) is 158 Å². The molecule has 0 spiro atoms. The van der Waals surface area contributed by atoms with E-state index in [0.29, 0.717) is 17.6 Å². The monoisotopic (exact) mass is 762 g/mol. The van der Waals surface area contributed by atoms with E-state index in [1.54, 1.807) is 0 Å². The van der Waals surface area contributed by atoms with Crippen LogP contribution in [0.2, 0.25) is 0 Å². The molecule has 1 unspecified atom stereocenters. The lowest BCUT2D eigenvalue weighted by atomic mass is 10.0. The second-order valence-corrected chi connectivity index (χ2v) is 16.1. The number of rotatable bonds is 7. The van der Waals surface area contributed by atoms with Crippen molar-refractivity contribution in [3.05, 3.63) is 212 Å². The number of aromatic nitrogens is 4. The van der Waals surface area contributed by atoms with E-state index in [1.165, 1.54) is 22.4 Å². The molecule has 0 saturated carbocycles. The van der Waals surface area contributed by atoms with Crippen molar-refractivity contribution in [2.24, 2.45) is 0 Å². The van der Waals surface area contributed by atoms with E-state index in [1.807, 2.05) is 60.7 Å². The molecule has 0 bridgehead atoms. The Balaban J connectivity index is 1.09. The third-order valence-corrected chi connectivity index (χ3v) is 13.1. The largest absolute Gasteiger partial charge is 0.297 e. The molecule has 1 aliphatic rings. The molecule has 7 heteroatoms. The van der Waals surface area contributed by atoms with Crippen LogP contribution in [0.25, 0.3) is 61.7 Å². The number of fused-ring (bicyclic) bond motifs is 4. The van der Waals surface area contributed by atoms with E-state index in [9.17, 15) is 0 Å². The van der Waals surface area contributed by atoms with Crippen molar-refractivity contribution in [1.29, 1.82) is 0 Å². The highest BCUT2D eigenvalue weighted by molar-refractivity contribution is 7.70. The van der Waals surface area contributed by atoms with E-state index in [4.69, 9.17) is 15.0 Å². The number of anilines is 4. The van der Waals surface area contributed by atoms with Gasteiger partial charge in [-0.2, -0.15) is 9.97 Å². The number of hydrogen-bond donors (Lipinski definition) is 0. The molecule has 0 radical (unpaired) electrons. The van der Waals surface area contributed by atoms with Gasteiger partial charge in [0.15, 0.2) is 11.6 Å². The fourth-order valence-corrected chi connectivity index (χ4v) is 10.6. The second-order valence-electron chi connectivity index (χ2n) is 14.2. The van der Waals surface area contributed by atoms with Crippen LogP contribution in [0, 0.1) is 0 Å². The zero-order valence-electron chi connectivity index (χ0n) is 31.3. The molecule has 0 aliphatic carbocycles. The number of para-hydroxylation sites is 3. The smallest absolute Gasteiger partial charge is 0.238 e. The maximum Gasteiger partial charge on any atom is 0.238 e. The molecule has 1 atom stereocenters. The van der Waals surface area contributed by atoms with Crippen molar-refractivity contribution < 1.29 is 0 Å². The molecule has 1 aliphatic heterocycles. The molecule has 2 aromatic heterocycles. The van der Waals surface area contributed by atoms with Gasteiger partial charge in [-0.25, -0.2) is 4.98 Å². The molecular formula is C51H35N6P. The van der Waals surface area contributed by atoms with Crippen molar-refractivity contribution in [2.45, 2.75) is 0 Å². The summed E-state index contributed by atoms with van der Waals surface area (Å²) in [6.07, 6.45) is 0. The minimum atomic E-state index is -0.997. The predicted molar refractivity (Wildman–Crippen MR) is 241 cm³/mol. The van der Waals surface area contributed by atoms with Crippen LogP contribution in [0.5, 0.6) is 0 Å². The van der Waals surface area contributed by atoms with Crippen LogP contribution >= 0.6 is 8.22 Å². The van der Waals surface area contributed by atoms with Gasteiger partial charge in [0.05, 0.1) is 22.4 Å². The van der Waals surface area contributed by atoms with Crippen molar-refractivity contribution in [2.75, 3.05) is 9.34 Å². The van der Waals surface area contributed by atoms with Crippen LogP contribution in [0.3, 0.4) is 0 Å². The molecule has 10 aromatic rings. The predicted octanol–water partition coefficient (Wildman–Crippen LogP) is 12.9. The topological polar surface area (TPSA) is 50.1 Å². The number of nitrogens with zero attached hydrogens (tertiary/aromatic N) is 6. The molecular weight excluding hydrogens is 728 g/mol. The summed E-state index contributed by atoms with van der Waals surface area (Å²) < 4.78 is 7.24. The number of hydrogen-bond acceptors (Lipinski definition) is 5. The lowest BCUT2D eigenvalue weighted by molar-refractivity contribution is 0.953. The Labute approximate surface area is 337 Å². The first-order chi connectivity index (χ1) is 28.8. The zero-order chi connectivity index (χ0) is 38.4. The third kappa shape index (κ3) is 5.82. The van der Waals surface area contributed by atoms with Gasteiger partial charge in [0.25, 0.3) is 0 Å². The van der Waals surface area contributed by atoms with E-state index in [-0.39, 0.29) is 0 Å². The Morgan fingerprint density at radius 1 is 0.345 bits per heavy atom. The average Bonchev–Trinajstić information content (AvgIpc) is 3.83. The Bertz CT molecular complexity index is 3010. The second kappa shape index (κ2) is 14.3. The minimum Gasteiger partial charge on any atom is -0.297 e. The van der Waals surface area contributed by atoms with Gasteiger partial charge < -0.3 is 0 Å². The molecule has 11 rings (SSSR count). The van der Waals surface area contributed by atoms with Crippen LogP contribution < -0.4 is 14.6 Å². The maximum atomic E-state index is 5.13. The first-order valence-electron chi connectivity index (χ1n) is 19.4. The molecule has 3 heterocycles. The highest BCUT2D eigenvalue weighted by atomic mass is 31.1. The summed E-state index contributed by atoms with van der Waals surface area (Å²) in [6.45, 7) is 0. The van der Waals surface area contributed by atoms with E-state index in [0.717, 1.165) is 49.7 Å². The number of benzene rings is 8. The van der Waals surface area contributed by atoms with Gasteiger partial charge in [0.1, 0.15) is 8.22 Å². The van der Waals surface area contributed by atoms with Gasteiger partial charge >= 0.3 is 0 Å². The van der Waals surface area contributed by atoms with Gasteiger partial charge in [-0.3, -0.25) is 13.9 Å².